The summed E-state index contributed by atoms with van der Waals surface area (Å²) >= 11 is 5.64. The molecule has 0 aliphatic carbocycles. The van der Waals surface area contributed by atoms with Gasteiger partial charge in [0.05, 0.1) is 6.42 Å². The number of carbonyl (C=O) groups excluding carboxylic acids is 2. The smallest absolute Gasteiger partial charge is 0.300 e. The van der Waals surface area contributed by atoms with Crippen LogP contribution >= 0.6 is 11.6 Å². The first kappa shape index (κ1) is 13.4. The molecule has 0 aliphatic rings. The van der Waals surface area contributed by atoms with Crippen molar-refractivity contribution in [3.8, 4) is 0 Å². The Labute approximate surface area is 98.1 Å². The Morgan fingerprint density at radius 3 is 2.14 bits per heavy atom. The van der Waals surface area contributed by atoms with E-state index in [9.17, 15) is 9.59 Å². The molecule has 0 atom stereocenters. The van der Waals surface area contributed by atoms with Crippen LogP contribution in [0.5, 0.6) is 0 Å². The zero-order valence-electron chi connectivity index (χ0n) is 7.51. The van der Waals surface area contributed by atoms with Gasteiger partial charge in [-0.1, -0.05) is 11.6 Å². The zero-order valence-corrected chi connectivity index (χ0v) is 9.21. The van der Waals surface area contributed by atoms with Crippen LogP contribution in [0, 0.1) is 0 Å². The van der Waals surface area contributed by atoms with Gasteiger partial charge >= 0.3 is 17.1 Å². The summed E-state index contributed by atoms with van der Waals surface area (Å²) < 4.78 is 0. The number of rotatable bonds is 3. The predicted molar refractivity (Wildman–Crippen MR) is 51.1 cm³/mol. The molecule has 0 bridgehead atoms. The molecular weight excluding hydrogens is 251 g/mol. The van der Waals surface area contributed by atoms with E-state index in [4.69, 9.17) is 11.6 Å². The molecule has 0 saturated heterocycles. The molecule has 77 valence electrons. The Hall–Kier alpha value is -0.631. The fraction of sp³-hybridized carbons (Fsp3) is 0.200. The summed E-state index contributed by atoms with van der Waals surface area (Å²) in [6.45, 7) is 1.40. The Balaban J connectivity index is 0.00000169. The second-order valence-corrected chi connectivity index (χ2v) is 3.25. The average Bonchev–Trinajstić information content (AvgIpc) is 2.04. The van der Waals surface area contributed by atoms with Gasteiger partial charge in [0.25, 0.3) is 0 Å². The van der Waals surface area contributed by atoms with Gasteiger partial charge in [0.1, 0.15) is 5.78 Å². The number of hydrogen-bond donors (Lipinski definition) is 0. The van der Waals surface area contributed by atoms with Gasteiger partial charge in [-0.25, -0.2) is 0 Å². The van der Waals surface area contributed by atoms with Crippen LogP contribution in [0.4, 0.5) is 0 Å². The largest absolute Gasteiger partial charge is 2.00 e. The van der Waals surface area contributed by atoms with Crippen LogP contribution < -0.4 is 0 Å². The predicted octanol–water partition coefficient (Wildman–Crippen LogP) is 2.50. The minimum atomic E-state index is -0.163. The monoisotopic (exact) mass is 259 g/mol. The SMILES string of the molecule is CC(=O)CC(=O)c1ccc(Cl)cc1.[Cu+2]. The van der Waals surface area contributed by atoms with Crippen LogP contribution in [-0.4, -0.2) is 11.6 Å². The first-order valence-electron chi connectivity index (χ1n) is 3.88. The summed E-state index contributed by atoms with van der Waals surface area (Å²) in [5.41, 5.74) is 0.527. The topological polar surface area (TPSA) is 34.1 Å². The molecular formula is C10H9ClCuO2+2. The van der Waals surface area contributed by atoms with Crippen molar-refractivity contribution >= 4 is 23.2 Å². The van der Waals surface area contributed by atoms with Crippen molar-refractivity contribution in [3.63, 3.8) is 0 Å². The molecule has 0 aliphatic heterocycles. The van der Waals surface area contributed by atoms with Crippen LogP contribution in [-0.2, 0) is 21.9 Å². The molecule has 0 aromatic heterocycles. The van der Waals surface area contributed by atoms with Crippen molar-refractivity contribution in [1.29, 1.82) is 0 Å². The summed E-state index contributed by atoms with van der Waals surface area (Å²) in [5.74, 6) is -0.288. The second kappa shape index (κ2) is 5.97. The van der Waals surface area contributed by atoms with Gasteiger partial charge in [-0.3, -0.25) is 9.59 Å². The molecule has 0 fully saturated rings. The van der Waals surface area contributed by atoms with E-state index in [1.54, 1.807) is 24.3 Å². The molecule has 0 heterocycles. The average molecular weight is 260 g/mol. The standard InChI is InChI=1S/C10H9ClO2.Cu/c1-7(12)6-10(13)8-2-4-9(11)5-3-8;/h2-5H,6H2,1H3;/q;+2. The quantitative estimate of drug-likeness (QED) is 0.475. The maximum Gasteiger partial charge on any atom is 2.00 e. The number of Topliss-reactive ketones (excluding diaryl/α,β-unsaturated/α-hetero) is 2. The van der Waals surface area contributed by atoms with Crippen molar-refractivity contribution in [3.05, 3.63) is 34.9 Å². The summed E-state index contributed by atoms with van der Waals surface area (Å²) in [4.78, 5) is 22.0. The van der Waals surface area contributed by atoms with E-state index in [0.29, 0.717) is 10.6 Å². The molecule has 0 saturated carbocycles. The van der Waals surface area contributed by atoms with Crippen molar-refractivity contribution in [2.24, 2.45) is 0 Å². The fourth-order valence-corrected chi connectivity index (χ4v) is 1.09. The van der Waals surface area contributed by atoms with E-state index in [0.717, 1.165) is 0 Å². The third kappa shape index (κ3) is 4.05. The third-order valence-corrected chi connectivity index (χ3v) is 1.83. The summed E-state index contributed by atoms with van der Waals surface area (Å²) in [6, 6.07) is 6.51. The van der Waals surface area contributed by atoms with Gasteiger partial charge in [0.15, 0.2) is 5.78 Å². The van der Waals surface area contributed by atoms with Gasteiger partial charge in [0.2, 0.25) is 0 Å². The van der Waals surface area contributed by atoms with Gasteiger partial charge in [0, 0.05) is 10.6 Å². The molecule has 2 nitrogen and oxygen atoms in total. The van der Waals surface area contributed by atoms with Gasteiger partial charge in [-0.05, 0) is 31.2 Å². The number of hydrogen-bond acceptors (Lipinski definition) is 2. The van der Waals surface area contributed by atoms with Crippen molar-refractivity contribution in [1.82, 2.24) is 0 Å². The zero-order chi connectivity index (χ0) is 9.84. The van der Waals surface area contributed by atoms with Crippen LogP contribution in [0.25, 0.3) is 0 Å². The maximum absolute atomic E-state index is 11.3. The molecule has 1 radical (unpaired) electrons. The van der Waals surface area contributed by atoms with E-state index < -0.39 is 0 Å². The Morgan fingerprint density at radius 1 is 1.21 bits per heavy atom. The van der Waals surface area contributed by atoms with Crippen LogP contribution in [0.15, 0.2) is 24.3 Å². The van der Waals surface area contributed by atoms with E-state index in [1.807, 2.05) is 0 Å². The van der Waals surface area contributed by atoms with Gasteiger partial charge in [-0.2, -0.15) is 0 Å². The Bertz CT molecular complexity index is 332. The minimum Gasteiger partial charge on any atom is -0.300 e. The number of carbonyl (C=O) groups is 2. The second-order valence-electron chi connectivity index (χ2n) is 2.81. The first-order chi connectivity index (χ1) is 6.09. The summed E-state index contributed by atoms with van der Waals surface area (Å²) in [7, 11) is 0. The van der Waals surface area contributed by atoms with E-state index in [-0.39, 0.29) is 35.1 Å². The molecule has 0 N–H and O–H groups in total. The first-order valence-corrected chi connectivity index (χ1v) is 4.25. The molecule has 1 aromatic carbocycles. The van der Waals surface area contributed by atoms with E-state index >= 15 is 0 Å². The molecule has 14 heavy (non-hydrogen) atoms. The molecule has 0 amide bonds. The van der Waals surface area contributed by atoms with Gasteiger partial charge in [-0.15, -0.1) is 0 Å². The Morgan fingerprint density at radius 2 is 1.71 bits per heavy atom. The van der Waals surface area contributed by atoms with Crippen LogP contribution in [0.1, 0.15) is 23.7 Å². The molecule has 1 rings (SSSR count). The maximum atomic E-state index is 11.3. The summed E-state index contributed by atoms with van der Waals surface area (Å²) in [6.07, 6.45) is -0.0400. The van der Waals surface area contributed by atoms with E-state index in [1.165, 1.54) is 6.92 Å². The molecule has 0 unspecified atom stereocenters. The minimum absolute atomic E-state index is 0. The Kier molecular flexibility index (Phi) is 5.70. The third-order valence-electron chi connectivity index (χ3n) is 1.58. The molecule has 1 aromatic rings. The molecule has 4 heteroatoms. The van der Waals surface area contributed by atoms with Crippen molar-refractivity contribution in [2.45, 2.75) is 13.3 Å². The fourth-order valence-electron chi connectivity index (χ4n) is 0.964. The summed E-state index contributed by atoms with van der Waals surface area (Å²) in [5, 5.41) is 0.583. The molecule has 0 spiro atoms. The normalized spacial score (nSPS) is 9.00. The number of ketones is 2. The van der Waals surface area contributed by atoms with E-state index in [2.05, 4.69) is 0 Å². The van der Waals surface area contributed by atoms with Crippen LogP contribution in [0.3, 0.4) is 0 Å². The van der Waals surface area contributed by atoms with Crippen molar-refractivity contribution < 1.29 is 26.7 Å². The van der Waals surface area contributed by atoms with Gasteiger partial charge < -0.3 is 0 Å². The van der Waals surface area contributed by atoms with Crippen molar-refractivity contribution in [2.75, 3.05) is 0 Å². The number of benzene rings is 1. The van der Waals surface area contributed by atoms with Crippen LogP contribution in [0.2, 0.25) is 5.02 Å². The number of halogens is 1.